The summed E-state index contributed by atoms with van der Waals surface area (Å²) in [5.74, 6) is -0.573. The number of phosphoric acid groups is 1. The summed E-state index contributed by atoms with van der Waals surface area (Å²) >= 11 is 0. The second-order valence-electron chi connectivity index (χ2n) is 19.8. The number of rotatable bonds is 49. The normalized spacial score (nSPS) is 14.6. The molecule has 3 unspecified atom stereocenters. The fraction of sp³-hybridized carbons (Fsp3) is 0.700. The van der Waals surface area contributed by atoms with E-state index in [9.17, 15) is 19.0 Å². The number of likely N-dealkylation sites (N-methyl/N-ethyl adjacent to an activating group) is 1. The minimum absolute atomic E-state index is 0.0253. The maximum atomic E-state index is 13.5. The number of quaternary nitrogens is 1. The maximum absolute atomic E-state index is 13.5. The number of carbonyl (C=O) groups excluding carboxylic acids is 2. The van der Waals surface area contributed by atoms with Gasteiger partial charge in [0.2, 0.25) is 5.91 Å². The van der Waals surface area contributed by atoms with Gasteiger partial charge in [0.05, 0.1) is 33.8 Å². The van der Waals surface area contributed by atoms with Crippen molar-refractivity contribution >= 4 is 19.7 Å². The number of amides is 1. The zero-order chi connectivity index (χ0) is 51.5. The highest BCUT2D eigenvalue weighted by atomic mass is 31.2. The molecule has 0 bridgehead atoms. The predicted molar refractivity (Wildman–Crippen MR) is 300 cm³/mol. The van der Waals surface area contributed by atoms with Crippen LogP contribution in [0.15, 0.2) is 97.2 Å². The number of allylic oxidation sites excluding steroid dienone is 15. The molecule has 0 fully saturated rings. The molecule has 0 rings (SSSR count). The van der Waals surface area contributed by atoms with Crippen molar-refractivity contribution in [1.82, 2.24) is 5.32 Å². The van der Waals surface area contributed by atoms with E-state index in [0.29, 0.717) is 23.9 Å². The first-order valence-electron chi connectivity index (χ1n) is 28.1. The topological polar surface area (TPSA) is 111 Å². The largest absolute Gasteiger partial charge is 0.472 e. The second kappa shape index (κ2) is 49.5. The summed E-state index contributed by atoms with van der Waals surface area (Å²) in [6, 6.07) is -0.878. The lowest BCUT2D eigenvalue weighted by Gasteiger charge is -2.27. The Labute approximate surface area is 430 Å². The van der Waals surface area contributed by atoms with E-state index in [0.717, 1.165) is 96.3 Å². The molecular formula is C60H106N2O7P+. The fourth-order valence-electron chi connectivity index (χ4n) is 7.45. The Bertz CT molecular complexity index is 1520. The Balaban J connectivity index is 5.44. The van der Waals surface area contributed by atoms with Crippen LogP contribution in [0.1, 0.15) is 220 Å². The Morgan fingerprint density at radius 3 is 1.53 bits per heavy atom. The molecular weight excluding hydrogens is 892 g/mol. The van der Waals surface area contributed by atoms with Gasteiger partial charge in [0, 0.05) is 12.8 Å². The van der Waals surface area contributed by atoms with Gasteiger partial charge in [-0.2, -0.15) is 0 Å². The lowest BCUT2D eigenvalue weighted by molar-refractivity contribution is -0.870. The Kier molecular flexibility index (Phi) is 47.3. The van der Waals surface area contributed by atoms with Crippen molar-refractivity contribution in [2.75, 3.05) is 40.9 Å². The number of unbranched alkanes of at least 4 members (excludes halogenated alkanes) is 21. The number of nitrogens with zero attached hydrogens (tertiary/aromatic N) is 1. The molecule has 2 N–H and O–H groups in total. The number of nitrogens with one attached hydrogen (secondary N) is 1. The Morgan fingerprint density at radius 2 is 0.971 bits per heavy atom. The lowest BCUT2D eigenvalue weighted by atomic mass is 10.1. The molecule has 1 amide bonds. The van der Waals surface area contributed by atoms with Crippen LogP contribution in [0.5, 0.6) is 0 Å². The standard InChI is InChI=1S/C60H105N2O7P/c1-7-10-13-16-19-22-25-28-29-30-31-32-33-35-37-40-43-46-49-52-59(63)61-57(56-68-70(65,66)67-55-54-62(4,5)6)58(51-48-45-42-39-36-27-24-21-18-15-12-9-3)69-60(64)53-50-47-44-41-38-34-26-23-20-17-14-11-8-2/h11,14,17,19-20,22-23,26,28-29,31-32,35,37,48,51,57-58H,7-10,12-13,15-16,18,21,24-25,27,30,33-34,36,38-47,49-50,52-56H2,1-6H3,(H-,61,63,65,66)/p+1/b14-11+,20-17+,22-19-,26-23-,29-28-,32-31-,37-35-,51-48-. The van der Waals surface area contributed by atoms with E-state index in [2.05, 4.69) is 105 Å². The number of hydrogen-bond donors (Lipinski definition) is 2. The van der Waals surface area contributed by atoms with Crippen molar-refractivity contribution in [2.24, 2.45) is 0 Å². The van der Waals surface area contributed by atoms with Crippen molar-refractivity contribution in [3.8, 4) is 0 Å². The molecule has 0 radical (unpaired) electrons. The summed E-state index contributed by atoms with van der Waals surface area (Å²) in [6.07, 6.45) is 65.5. The number of ether oxygens (including phenoxy) is 1. The van der Waals surface area contributed by atoms with Crippen LogP contribution in [0.2, 0.25) is 0 Å². The molecule has 0 aliphatic rings. The molecule has 10 heteroatoms. The molecule has 0 aromatic heterocycles. The first kappa shape index (κ1) is 66.9. The van der Waals surface area contributed by atoms with Crippen LogP contribution in [0.4, 0.5) is 0 Å². The smallest absolute Gasteiger partial charge is 0.456 e. The third-order valence-corrected chi connectivity index (χ3v) is 12.8. The summed E-state index contributed by atoms with van der Waals surface area (Å²) in [6.45, 7) is 6.78. The second-order valence-corrected chi connectivity index (χ2v) is 21.2. The number of hydrogen-bond acceptors (Lipinski definition) is 6. The van der Waals surface area contributed by atoms with E-state index < -0.39 is 20.0 Å². The van der Waals surface area contributed by atoms with Gasteiger partial charge >= 0.3 is 13.8 Å². The monoisotopic (exact) mass is 998 g/mol. The average molecular weight is 998 g/mol. The molecule has 70 heavy (non-hydrogen) atoms. The van der Waals surface area contributed by atoms with Crippen molar-refractivity contribution in [2.45, 2.75) is 232 Å². The summed E-state index contributed by atoms with van der Waals surface area (Å²) < 4.78 is 30.5. The highest BCUT2D eigenvalue weighted by Crippen LogP contribution is 2.43. The van der Waals surface area contributed by atoms with Crippen molar-refractivity contribution in [3.05, 3.63) is 97.2 Å². The van der Waals surface area contributed by atoms with E-state index in [-0.39, 0.29) is 37.9 Å². The van der Waals surface area contributed by atoms with Gasteiger partial charge in [-0.15, -0.1) is 0 Å². The third-order valence-electron chi connectivity index (χ3n) is 11.8. The lowest BCUT2D eigenvalue weighted by Crippen LogP contribution is -2.47. The van der Waals surface area contributed by atoms with Gasteiger partial charge in [0.1, 0.15) is 19.3 Å². The van der Waals surface area contributed by atoms with Gasteiger partial charge in [0.15, 0.2) is 0 Å². The number of esters is 1. The summed E-state index contributed by atoms with van der Waals surface area (Å²) in [5, 5.41) is 3.02. The fourth-order valence-corrected chi connectivity index (χ4v) is 8.19. The Morgan fingerprint density at radius 1 is 0.529 bits per heavy atom. The molecule has 0 heterocycles. The van der Waals surface area contributed by atoms with Crippen LogP contribution < -0.4 is 5.32 Å². The molecule has 0 aliphatic heterocycles. The van der Waals surface area contributed by atoms with Crippen LogP contribution in [-0.4, -0.2) is 74.3 Å². The van der Waals surface area contributed by atoms with Crippen LogP contribution in [0, 0.1) is 0 Å². The van der Waals surface area contributed by atoms with Crippen LogP contribution in [0.3, 0.4) is 0 Å². The third kappa shape index (κ3) is 49.9. The molecule has 0 aromatic carbocycles. The molecule has 9 nitrogen and oxygen atoms in total. The van der Waals surface area contributed by atoms with E-state index in [1.807, 2.05) is 39.4 Å². The highest BCUT2D eigenvalue weighted by molar-refractivity contribution is 7.47. The molecule has 0 aliphatic carbocycles. The molecule has 0 aromatic rings. The molecule has 402 valence electrons. The number of carbonyl (C=O) groups is 2. The molecule has 0 saturated carbocycles. The highest BCUT2D eigenvalue weighted by Gasteiger charge is 2.30. The van der Waals surface area contributed by atoms with Gasteiger partial charge in [-0.1, -0.05) is 208 Å². The van der Waals surface area contributed by atoms with E-state index >= 15 is 0 Å². The zero-order valence-electron chi connectivity index (χ0n) is 45.7. The van der Waals surface area contributed by atoms with Gasteiger partial charge in [-0.3, -0.25) is 18.6 Å². The SMILES string of the molecule is CC/C=C/C=C/C=C\CCCCCCCC(=O)OC(/C=C\CCCCCCCCCCCC)C(COP(=O)(O)OCC[N+](C)(C)C)NC(=O)CCCCC/C=C\C/C=C\C/C=C\C/C=C\CCCCC. The first-order valence-corrected chi connectivity index (χ1v) is 29.6. The molecule has 0 saturated heterocycles. The summed E-state index contributed by atoms with van der Waals surface area (Å²) in [7, 11) is 1.45. The average Bonchev–Trinajstić information content (AvgIpc) is 3.32. The molecule has 0 spiro atoms. The minimum atomic E-state index is -4.46. The van der Waals surface area contributed by atoms with E-state index in [1.165, 1.54) is 77.0 Å². The quantitative estimate of drug-likeness (QED) is 0.0156. The first-order chi connectivity index (χ1) is 33.9. The summed E-state index contributed by atoms with van der Waals surface area (Å²) in [4.78, 5) is 37.5. The van der Waals surface area contributed by atoms with Gasteiger partial charge in [-0.05, 0) is 96.0 Å². The summed E-state index contributed by atoms with van der Waals surface area (Å²) in [5.41, 5.74) is 0. The van der Waals surface area contributed by atoms with E-state index in [4.69, 9.17) is 13.8 Å². The van der Waals surface area contributed by atoms with Crippen LogP contribution in [0.25, 0.3) is 0 Å². The minimum Gasteiger partial charge on any atom is -0.456 e. The Hall–Kier alpha value is -3.07. The number of phosphoric ester groups is 1. The van der Waals surface area contributed by atoms with Gasteiger partial charge in [0.25, 0.3) is 0 Å². The van der Waals surface area contributed by atoms with E-state index in [1.54, 1.807) is 0 Å². The van der Waals surface area contributed by atoms with Crippen LogP contribution in [-0.2, 0) is 27.9 Å². The van der Waals surface area contributed by atoms with Crippen molar-refractivity contribution in [1.29, 1.82) is 0 Å². The zero-order valence-corrected chi connectivity index (χ0v) is 46.6. The van der Waals surface area contributed by atoms with Crippen molar-refractivity contribution < 1.29 is 37.3 Å². The molecule has 3 atom stereocenters. The van der Waals surface area contributed by atoms with Gasteiger partial charge in [-0.25, -0.2) is 4.57 Å². The van der Waals surface area contributed by atoms with Crippen molar-refractivity contribution in [3.63, 3.8) is 0 Å². The predicted octanol–water partition coefficient (Wildman–Crippen LogP) is 16.8. The maximum Gasteiger partial charge on any atom is 0.472 e. The van der Waals surface area contributed by atoms with Gasteiger partial charge < -0.3 is 19.4 Å². The van der Waals surface area contributed by atoms with Crippen LogP contribution >= 0.6 is 7.82 Å².